The summed E-state index contributed by atoms with van der Waals surface area (Å²) in [6.07, 6.45) is 1.84. The minimum Gasteiger partial charge on any atom is -0.486 e. The molecule has 1 aromatic carbocycles. The van der Waals surface area contributed by atoms with Gasteiger partial charge < -0.3 is 19.9 Å². The standard InChI is InChI=1S/C14H15NO5/c1-9(14(15)17)20-13(16)5-3-10-2-4-11-12(8-10)19-7-6-18-11/h2-5,8-9H,6-7H2,1H3,(H2,15,17)/b5-3+/t9-/m1/s1. The monoisotopic (exact) mass is 277 g/mol. The fourth-order valence-corrected chi connectivity index (χ4v) is 1.60. The van der Waals surface area contributed by atoms with Gasteiger partial charge in [-0.25, -0.2) is 4.79 Å². The van der Waals surface area contributed by atoms with Crippen LogP contribution in [0.1, 0.15) is 12.5 Å². The number of esters is 1. The van der Waals surface area contributed by atoms with E-state index in [0.717, 1.165) is 5.56 Å². The third kappa shape index (κ3) is 3.50. The van der Waals surface area contributed by atoms with Gasteiger partial charge in [0.25, 0.3) is 5.91 Å². The Bertz CT molecular complexity index is 552. The number of carbonyl (C=O) groups excluding carboxylic acids is 2. The molecule has 0 unspecified atom stereocenters. The molecule has 0 fully saturated rings. The second-order valence-electron chi connectivity index (χ2n) is 4.22. The number of hydrogen-bond donors (Lipinski definition) is 1. The van der Waals surface area contributed by atoms with Crippen LogP contribution in [0.4, 0.5) is 0 Å². The summed E-state index contributed by atoms with van der Waals surface area (Å²) in [7, 11) is 0. The molecule has 2 N–H and O–H groups in total. The van der Waals surface area contributed by atoms with Crippen molar-refractivity contribution in [2.75, 3.05) is 13.2 Å². The van der Waals surface area contributed by atoms with E-state index in [2.05, 4.69) is 0 Å². The predicted octanol–water partition coefficient (Wildman–Crippen LogP) is 0.888. The van der Waals surface area contributed by atoms with Crippen LogP contribution in [0.2, 0.25) is 0 Å². The van der Waals surface area contributed by atoms with Gasteiger partial charge >= 0.3 is 5.97 Å². The molecule has 20 heavy (non-hydrogen) atoms. The molecule has 1 aliphatic rings. The zero-order chi connectivity index (χ0) is 14.5. The van der Waals surface area contributed by atoms with E-state index in [-0.39, 0.29) is 0 Å². The van der Waals surface area contributed by atoms with E-state index in [0.29, 0.717) is 24.7 Å². The van der Waals surface area contributed by atoms with E-state index >= 15 is 0 Å². The molecule has 0 spiro atoms. The molecule has 0 saturated heterocycles. The van der Waals surface area contributed by atoms with E-state index < -0.39 is 18.0 Å². The molecule has 6 nitrogen and oxygen atoms in total. The molecule has 0 radical (unpaired) electrons. The first-order chi connectivity index (χ1) is 9.56. The summed E-state index contributed by atoms with van der Waals surface area (Å²) in [6.45, 7) is 2.44. The number of carbonyl (C=O) groups is 2. The molecule has 6 heteroatoms. The first kappa shape index (κ1) is 13.9. The van der Waals surface area contributed by atoms with Gasteiger partial charge in [0.2, 0.25) is 0 Å². The lowest BCUT2D eigenvalue weighted by Crippen LogP contribution is -2.29. The zero-order valence-corrected chi connectivity index (χ0v) is 11.0. The number of primary amides is 1. The van der Waals surface area contributed by atoms with Crippen molar-refractivity contribution < 1.29 is 23.8 Å². The summed E-state index contributed by atoms with van der Waals surface area (Å²) in [5.41, 5.74) is 5.76. The number of rotatable bonds is 4. The number of nitrogens with two attached hydrogens (primary N) is 1. The maximum absolute atomic E-state index is 11.4. The van der Waals surface area contributed by atoms with E-state index in [1.807, 2.05) is 0 Å². The molecule has 106 valence electrons. The maximum atomic E-state index is 11.4. The predicted molar refractivity (Wildman–Crippen MR) is 71.2 cm³/mol. The lowest BCUT2D eigenvalue weighted by Gasteiger charge is -2.18. The molecule has 1 heterocycles. The van der Waals surface area contributed by atoms with Crippen LogP contribution in [0.5, 0.6) is 11.5 Å². The first-order valence-electron chi connectivity index (χ1n) is 6.14. The zero-order valence-electron chi connectivity index (χ0n) is 11.0. The van der Waals surface area contributed by atoms with Crippen LogP contribution in [-0.2, 0) is 14.3 Å². The first-order valence-corrected chi connectivity index (χ1v) is 6.14. The smallest absolute Gasteiger partial charge is 0.331 e. The fourth-order valence-electron chi connectivity index (χ4n) is 1.60. The number of benzene rings is 1. The number of hydrogen-bond acceptors (Lipinski definition) is 5. The summed E-state index contributed by atoms with van der Waals surface area (Å²) in [4.78, 5) is 22.2. The molecule has 0 bridgehead atoms. The van der Waals surface area contributed by atoms with Crippen molar-refractivity contribution in [1.29, 1.82) is 0 Å². The molecule has 2 rings (SSSR count). The van der Waals surface area contributed by atoms with Gasteiger partial charge in [0.05, 0.1) is 0 Å². The van der Waals surface area contributed by atoms with Crippen LogP contribution in [0.3, 0.4) is 0 Å². The van der Waals surface area contributed by atoms with E-state index in [1.54, 1.807) is 24.3 Å². The van der Waals surface area contributed by atoms with Gasteiger partial charge in [0, 0.05) is 6.08 Å². The van der Waals surface area contributed by atoms with E-state index in [4.69, 9.17) is 19.9 Å². The van der Waals surface area contributed by atoms with Crippen LogP contribution in [0.25, 0.3) is 6.08 Å². The molecule has 1 amide bonds. The van der Waals surface area contributed by atoms with Gasteiger partial charge in [-0.15, -0.1) is 0 Å². The number of fused-ring (bicyclic) bond motifs is 1. The second kappa shape index (κ2) is 6.10. The van der Waals surface area contributed by atoms with Gasteiger partial charge in [-0.05, 0) is 30.7 Å². The summed E-state index contributed by atoms with van der Waals surface area (Å²) in [5, 5.41) is 0. The van der Waals surface area contributed by atoms with Crippen LogP contribution in [0.15, 0.2) is 24.3 Å². The Balaban J connectivity index is 2.00. The van der Waals surface area contributed by atoms with Gasteiger partial charge in [0.15, 0.2) is 17.6 Å². The Kier molecular flexibility index (Phi) is 4.24. The van der Waals surface area contributed by atoms with E-state index in [1.165, 1.54) is 13.0 Å². The summed E-state index contributed by atoms with van der Waals surface area (Å²) < 4.78 is 15.6. The quantitative estimate of drug-likeness (QED) is 0.652. The van der Waals surface area contributed by atoms with Crippen molar-refractivity contribution in [3.05, 3.63) is 29.8 Å². The average Bonchev–Trinajstić information content (AvgIpc) is 2.44. The third-order valence-electron chi connectivity index (χ3n) is 2.67. The van der Waals surface area contributed by atoms with Crippen LogP contribution in [-0.4, -0.2) is 31.2 Å². The third-order valence-corrected chi connectivity index (χ3v) is 2.67. The van der Waals surface area contributed by atoms with Gasteiger partial charge in [0.1, 0.15) is 13.2 Å². The minimum absolute atomic E-state index is 0.498. The van der Waals surface area contributed by atoms with Crippen molar-refractivity contribution in [2.24, 2.45) is 5.73 Å². The van der Waals surface area contributed by atoms with Crippen molar-refractivity contribution in [2.45, 2.75) is 13.0 Å². The van der Waals surface area contributed by atoms with Crippen LogP contribution < -0.4 is 15.2 Å². The van der Waals surface area contributed by atoms with E-state index in [9.17, 15) is 9.59 Å². The highest BCUT2D eigenvalue weighted by Gasteiger charge is 2.13. The lowest BCUT2D eigenvalue weighted by molar-refractivity contribution is -0.148. The van der Waals surface area contributed by atoms with Crippen molar-refractivity contribution in [3.8, 4) is 11.5 Å². The Morgan fingerprint density at radius 2 is 2.00 bits per heavy atom. The molecule has 1 atom stereocenters. The van der Waals surface area contributed by atoms with Gasteiger partial charge in [-0.3, -0.25) is 4.79 Å². The SMILES string of the molecule is C[C@@H](OC(=O)/C=C/c1ccc2c(c1)OCCO2)C(N)=O. The molecule has 1 aliphatic heterocycles. The Morgan fingerprint density at radius 1 is 1.30 bits per heavy atom. The number of ether oxygens (including phenoxy) is 3. The maximum Gasteiger partial charge on any atom is 0.331 e. The topological polar surface area (TPSA) is 87.8 Å². The Labute approximate surface area is 116 Å². The van der Waals surface area contributed by atoms with Gasteiger partial charge in [-0.2, -0.15) is 0 Å². The largest absolute Gasteiger partial charge is 0.486 e. The summed E-state index contributed by atoms with van der Waals surface area (Å²) >= 11 is 0. The highest BCUT2D eigenvalue weighted by atomic mass is 16.6. The average molecular weight is 277 g/mol. The Morgan fingerprint density at radius 3 is 2.70 bits per heavy atom. The van der Waals surface area contributed by atoms with Gasteiger partial charge in [-0.1, -0.05) is 6.07 Å². The molecular formula is C14H15NO5. The molecule has 0 aromatic heterocycles. The second-order valence-corrected chi connectivity index (χ2v) is 4.22. The lowest BCUT2D eigenvalue weighted by atomic mass is 10.2. The summed E-state index contributed by atoms with van der Waals surface area (Å²) in [5.74, 6) is -0.00660. The number of amides is 1. The molecule has 1 aromatic rings. The van der Waals surface area contributed by atoms with Crippen molar-refractivity contribution in [3.63, 3.8) is 0 Å². The van der Waals surface area contributed by atoms with Crippen molar-refractivity contribution >= 4 is 18.0 Å². The highest BCUT2D eigenvalue weighted by Crippen LogP contribution is 2.31. The molecular weight excluding hydrogens is 262 g/mol. The summed E-state index contributed by atoms with van der Waals surface area (Å²) in [6, 6.07) is 5.32. The Hall–Kier alpha value is -2.50. The highest BCUT2D eigenvalue weighted by molar-refractivity contribution is 5.90. The van der Waals surface area contributed by atoms with Crippen molar-refractivity contribution in [1.82, 2.24) is 0 Å². The van der Waals surface area contributed by atoms with Crippen LogP contribution >= 0.6 is 0 Å². The fraction of sp³-hybridized carbons (Fsp3) is 0.286. The minimum atomic E-state index is -0.951. The normalized spacial score (nSPS) is 14.8. The molecule has 0 aliphatic carbocycles. The van der Waals surface area contributed by atoms with Crippen LogP contribution in [0, 0.1) is 0 Å². The molecule has 0 saturated carbocycles.